The van der Waals surface area contributed by atoms with Crippen molar-refractivity contribution in [2.45, 2.75) is 13.1 Å². The van der Waals surface area contributed by atoms with Gasteiger partial charge in [-0.25, -0.2) is 13.9 Å². The van der Waals surface area contributed by atoms with Gasteiger partial charge >= 0.3 is 0 Å². The third kappa shape index (κ3) is 3.41. The number of benzene rings is 1. The fourth-order valence-corrected chi connectivity index (χ4v) is 2.90. The van der Waals surface area contributed by atoms with Gasteiger partial charge in [-0.05, 0) is 29.8 Å². The Morgan fingerprint density at radius 1 is 1.11 bits per heavy atom. The van der Waals surface area contributed by atoms with Crippen molar-refractivity contribution in [3.05, 3.63) is 83.7 Å². The maximum atomic E-state index is 14.3. The number of hydrogen-bond acceptors (Lipinski definition) is 4. The third-order valence-electron chi connectivity index (χ3n) is 4.21. The molecule has 4 aromatic rings. The zero-order valence-electron chi connectivity index (χ0n) is 14.4. The summed E-state index contributed by atoms with van der Waals surface area (Å²) >= 11 is 0. The first-order chi connectivity index (χ1) is 13.3. The molecule has 0 fully saturated rings. The normalized spacial score (nSPS) is 10.8. The molecule has 5 nitrogen and oxygen atoms in total. The molecule has 4 rings (SSSR count). The SMILES string of the molecule is C#Cc1cnn2c(CNCc3cccnc3)cc(-c3ccccc3F)nc12. The van der Waals surface area contributed by atoms with E-state index in [2.05, 4.69) is 26.3 Å². The topological polar surface area (TPSA) is 55.1 Å². The molecule has 132 valence electrons. The van der Waals surface area contributed by atoms with Crippen molar-refractivity contribution in [2.75, 3.05) is 0 Å². The van der Waals surface area contributed by atoms with E-state index in [0.29, 0.717) is 35.6 Å². The van der Waals surface area contributed by atoms with Crippen LogP contribution >= 0.6 is 0 Å². The van der Waals surface area contributed by atoms with Gasteiger partial charge < -0.3 is 5.32 Å². The van der Waals surface area contributed by atoms with E-state index < -0.39 is 0 Å². The first-order valence-electron chi connectivity index (χ1n) is 8.45. The van der Waals surface area contributed by atoms with Crippen LogP contribution in [0.25, 0.3) is 16.9 Å². The third-order valence-corrected chi connectivity index (χ3v) is 4.21. The molecular weight excluding hydrogens is 341 g/mol. The molecule has 0 spiro atoms. The van der Waals surface area contributed by atoms with Gasteiger partial charge in [-0.2, -0.15) is 5.10 Å². The Morgan fingerprint density at radius 3 is 2.78 bits per heavy atom. The molecule has 0 aliphatic heterocycles. The van der Waals surface area contributed by atoms with Crippen LogP contribution in [0.4, 0.5) is 4.39 Å². The van der Waals surface area contributed by atoms with E-state index in [1.165, 1.54) is 6.07 Å². The van der Waals surface area contributed by atoms with E-state index in [0.717, 1.165) is 11.3 Å². The van der Waals surface area contributed by atoms with Crippen LogP contribution in [0.5, 0.6) is 0 Å². The Balaban J connectivity index is 1.71. The highest BCUT2D eigenvalue weighted by atomic mass is 19.1. The van der Waals surface area contributed by atoms with E-state index in [9.17, 15) is 4.39 Å². The van der Waals surface area contributed by atoms with Crippen molar-refractivity contribution >= 4 is 5.65 Å². The minimum atomic E-state index is -0.328. The lowest BCUT2D eigenvalue weighted by Crippen LogP contribution is -2.16. The molecule has 3 aromatic heterocycles. The molecule has 0 bridgehead atoms. The first kappa shape index (κ1) is 16.9. The Kier molecular flexibility index (Phi) is 4.60. The van der Waals surface area contributed by atoms with Gasteiger partial charge in [0.1, 0.15) is 5.82 Å². The molecule has 0 saturated heterocycles. The molecule has 6 heteroatoms. The quantitative estimate of drug-likeness (QED) is 0.557. The summed E-state index contributed by atoms with van der Waals surface area (Å²) in [4.78, 5) is 8.65. The summed E-state index contributed by atoms with van der Waals surface area (Å²) in [5.41, 5.74) is 3.97. The van der Waals surface area contributed by atoms with Crippen LogP contribution in [0.1, 0.15) is 16.8 Å². The van der Waals surface area contributed by atoms with Gasteiger partial charge in [0.15, 0.2) is 5.65 Å². The largest absolute Gasteiger partial charge is 0.307 e. The molecule has 3 heterocycles. The van der Waals surface area contributed by atoms with Crippen molar-refractivity contribution in [3.63, 3.8) is 0 Å². The van der Waals surface area contributed by atoms with Gasteiger partial charge in [-0.15, -0.1) is 6.42 Å². The monoisotopic (exact) mass is 357 g/mol. The van der Waals surface area contributed by atoms with Crippen LogP contribution in [-0.4, -0.2) is 19.6 Å². The average molecular weight is 357 g/mol. The number of nitrogens with zero attached hydrogens (tertiary/aromatic N) is 4. The number of fused-ring (bicyclic) bond motifs is 1. The number of aromatic nitrogens is 4. The maximum absolute atomic E-state index is 14.3. The molecule has 0 amide bonds. The number of rotatable bonds is 5. The Labute approximate surface area is 155 Å². The Bertz CT molecular complexity index is 1130. The molecular formula is C21H16FN5. The predicted molar refractivity (Wildman–Crippen MR) is 101 cm³/mol. The number of nitrogens with one attached hydrogen (secondary N) is 1. The van der Waals surface area contributed by atoms with E-state index in [4.69, 9.17) is 6.42 Å². The molecule has 0 aliphatic carbocycles. The van der Waals surface area contributed by atoms with Crippen molar-refractivity contribution in [1.82, 2.24) is 24.9 Å². The van der Waals surface area contributed by atoms with E-state index in [1.807, 2.05) is 24.4 Å². The van der Waals surface area contributed by atoms with Gasteiger partial charge in [0.2, 0.25) is 0 Å². The highest BCUT2D eigenvalue weighted by molar-refractivity contribution is 5.66. The van der Waals surface area contributed by atoms with E-state index in [1.54, 1.807) is 35.1 Å². The summed E-state index contributed by atoms with van der Waals surface area (Å²) in [7, 11) is 0. The standard InChI is InChI=1S/C21H16FN5/c1-2-16-13-25-27-17(14-24-12-15-6-5-9-23-11-15)10-20(26-21(16)27)18-7-3-4-8-19(18)22/h1,3-11,13,24H,12,14H2. The zero-order chi connectivity index (χ0) is 18.6. The van der Waals surface area contributed by atoms with Crippen molar-refractivity contribution in [2.24, 2.45) is 0 Å². The van der Waals surface area contributed by atoms with Crippen molar-refractivity contribution in [1.29, 1.82) is 0 Å². The summed E-state index contributed by atoms with van der Waals surface area (Å²) in [5.74, 6) is 2.26. The minimum Gasteiger partial charge on any atom is -0.307 e. The molecule has 0 unspecified atom stereocenters. The van der Waals surface area contributed by atoms with Gasteiger partial charge in [-0.3, -0.25) is 4.98 Å². The van der Waals surface area contributed by atoms with Crippen molar-refractivity contribution < 1.29 is 4.39 Å². The number of pyridine rings is 1. The molecule has 27 heavy (non-hydrogen) atoms. The average Bonchev–Trinajstić information content (AvgIpc) is 3.12. The van der Waals surface area contributed by atoms with Crippen molar-refractivity contribution in [3.8, 4) is 23.6 Å². The Morgan fingerprint density at radius 2 is 2.00 bits per heavy atom. The minimum absolute atomic E-state index is 0.328. The van der Waals surface area contributed by atoms with Crippen LogP contribution < -0.4 is 5.32 Å². The summed E-state index contributed by atoms with van der Waals surface area (Å²) in [5, 5.41) is 7.69. The molecule has 0 aliphatic rings. The maximum Gasteiger partial charge on any atom is 0.171 e. The second-order valence-corrected chi connectivity index (χ2v) is 6.02. The number of terminal acetylenes is 1. The first-order valence-corrected chi connectivity index (χ1v) is 8.45. The molecule has 0 radical (unpaired) electrons. The summed E-state index contributed by atoms with van der Waals surface area (Å²) in [6.45, 7) is 1.16. The van der Waals surface area contributed by atoms with Crippen LogP contribution in [-0.2, 0) is 13.1 Å². The number of hydrogen-bond donors (Lipinski definition) is 1. The van der Waals surface area contributed by atoms with Crippen LogP contribution in [0.3, 0.4) is 0 Å². The zero-order valence-corrected chi connectivity index (χ0v) is 14.4. The van der Waals surface area contributed by atoms with Gasteiger partial charge in [0.05, 0.1) is 23.1 Å². The lowest BCUT2D eigenvalue weighted by Gasteiger charge is -2.10. The second kappa shape index (κ2) is 7.36. The van der Waals surface area contributed by atoms with Gasteiger partial charge in [0.25, 0.3) is 0 Å². The Hall–Kier alpha value is -3.56. The summed E-state index contributed by atoms with van der Waals surface area (Å²) < 4.78 is 16.0. The summed E-state index contributed by atoms with van der Waals surface area (Å²) in [6, 6.07) is 12.3. The van der Waals surface area contributed by atoms with Crippen LogP contribution in [0.2, 0.25) is 0 Å². The van der Waals surface area contributed by atoms with Gasteiger partial charge in [0, 0.05) is 31.0 Å². The van der Waals surface area contributed by atoms with E-state index in [-0.39, 0.29) is 5.82 Å². The molecule has 0 atom stereocenters. The fourth-order valence-electron chi connectivity index (χ4n) is 2.90. The molecule has 0 saturated carbocycles. The molecule has 1 aromatic carbocycles. The summed E-state index contributed by atoms with van der Waals surface area (Å²) in [6.07, 6.45) is 10.7. The lowest BCUT2D eigenvalue weighted by atomic mass is 10.1. The highest BCUT2D eigenvalue weighted by Crippen LogP contribution is 2.23. The fraction of sp³-hybridized carbons (Fsp3) is 0.0952. The van der Waals surface area contributed by atoms with Crippen LogP contribution in [0.15, 0.2) is 61.1 Å². The lowest BCUT2D eigenvalue weighted by molar-refractivity contribution is 0.630. The van der Waals surface area contributed by atoms with Gasteiger partial charge in [-0.1, -0.05) is 24.1 Å². The molecule has 1 N–H and O–H groups in total. The van der Waals surface area contributed by atoms with E-state index >= 15 is 0 Å². The van der Waals surface area contributed by atoms with Crippen LogP contribution in [0, 0.1) is 18.2 Å². The number of halogens is 1. The smallest absolute Gasteiger partial charge is 0.171 e. The second-order valence-electron chi connectivity index (χ2n) is 6.02. The highest BCUT2D eigenvalue weighted by Gasteiger charge is 2.13. The predicted octanol–water partition coefficient (Wildman–Crippen LogP) is 3.20.